The summed E-state index contributed by atoms with van der Waals surface area (Å²) in [6.45, 7) is 6.73. The Kier molecular flexibility index (Phi) is 4.81. The van der Waals surface area contributed by atoms with E-state index in [0.717, 1.165) is 33.5 Å². The third-order valence-electron chi connectivity index (χ3n) is 5.98. The number of fused-ring (bicyclic) bond motifs is 1. The first kappa shape index (κ1) is 20.1. The highest BCUT2D eigenvalue weighted by Crippen LogP contribution is 2.32. The highest BCUT2D eigenvalue weighted by Gasteiger charge is 2.26. The number of anilines is 2. The Bertz CT molecular complexity index is 1310. The minimum atomic E-state index is -0.0138. The van der Waals surface area contributed by atoms with Gasteiger partial charge in [0.2, 0.25) is 5.95 Å². The van der Waals surface area contributed by atoms with E-state index < -0.39 is 0 Å². The number of hydrogen-bond donors (Lipinski definition) is 2. The Hall–Kier alpha value is -3.87. The van der Waals surface area contributed by atoms with Gasteiger partial charge in [0.15, 0.2) is 5.82 Å². The van der Waals surface area contributed by atoms with Crippen LogP contribution >= 0.6 is 0 Å². The van der Waals surface area contributed by atoms with E-state index >= 15 is 0 Å². The quantitative estimate of drug-likeness (QED) is 0.479. The van der Waals surface area contributed by atoms with Gasteiger partial charge in [0.05, 0.1) is 6.04 Å². The third-order valence-corrected chi connectivity index (χ3v) is 5.98. The molecule has 0 aliphatic carbocycles. The molecule has 0 bridgehead atoms. The van der Waals surface area contributed by atoms with Crippen LogP contribution < -0.4 is 10.6 Å². The average Bonchev–Trinajstić information content (AvgIpc) is 3.47. The first-order chi connectivity index (χ1) is 15.4. The number of nitrogens with zero attached hydrogens (tertiary/aromatic N) is 4. The summed E-state index contributed by atoms with van der Waals surface area (Å²) in [5, 5.41) is 11.1. The fraction of sp³-hybridized carbons (Fsp3) is 0.240. The van der Waals surface area contributed by atoms with E-state index in [0.29, 0.717) is 18.3 Å². The molecule has 1 aliphatic heterocycles. The van der Waals surface area contributed by atoms with Crippen molar-refractivity contribution in [2.24, 2.45) is 7.05 Å². The topological polar surface area (TPSA) is 76.8 Å². The molecule has 2 aromatic carbocycles. The van der Waals surface area contributed by atoms with Crippen LogP contribution in [0.5, 0.6) is 0 Å². The van der Waals surface area contributed by atoms with E-state index in [4.69, 9.17) is 10.1 Å². The van der Waals surface area contributed by atoms with E-state index in [9.17, 15) is 4.79 Å². The van der Waals surface area contributed by atoms with E-state index in [-0.39, 0.29) is 11.9 Å². The summed E-state index contributed by atoms with van der Waals surface area (Å²) in [5.41, 5.74) is 6.98. The molecule has 2 N–H and O–H groups in total. The van der Waals surface area contributed by atoms with Crippen molar-refractivity contribution in [1.29, 1.82) is 0 Å². The second-order valence-corrected chi connectivity index (χ2v) is 8.29. The molecule has 7 heteroatoms. The molecule has 3 heterocycles. The van der Waals surface area contributed by atoms with Crippen LogP contribution in [0.3, 0.4) is 0 Å². The molecule has 1 unspecified atom stereocenters. The Balaban J connectivity index is 1.44. The van der Waals surface area contributed by atoms with Crippen molar-refractivity contribution >= 4 is 17.5 Å². The number of aryl methyl sites for hydroxylation is 3. The van der Waals surface area contributed by atoms with E-state index in [1.165, 1.54) is 5.56 Å². The molecular weight excluding hydrogens is 400 g/mol. The molecule has 7 nitrogen and oxygen atoms in total. The lowest BCUT2D eigenvalue weighted by Crippen LogP contribution is -2.16. The summed E-state index contributed by atoms with van der Waals surface area (Å²) in [4.78, 5) is 16.9. The molecule has 0 saturated heterocycles. The van der Waals surface area contributed by atoms with Crippen molar-refractivity contribution in [2.45, 2.75) is 33.4 Å². The lowest BCUT2D eigenvalue weighted by atomic mass is 10.0. The molecule has 5 rings (SSSR count). The predicted molar refractivity (Wildman–Crippen MR) is 126 cm³/mol. The monoisotopic (exact) mass is 426 g/mol. The average molecular weight is 427 g/mol. The maximum atomic E-state index is 12.1. The van der Waals surface area contributed by atoms with Crippen molar-refractivity contribution in [3.63, 3.8) is 0 Å². The molecule has 162 valence electrons. The summed E-state index contributed by atoms with van der Waals surface area (Å²) in [5.74, 6) is 1.35. The van der Waals surface area contributed by atoms with Crippen LogP contribution in [0.15, 0.2) is 54.9 Å². The van der Waals surface area contributed by atoms with Crippen molar-refractivity contribution in [3.8, 4) is 22.5 Å². The molecule has 1 atom stereocenters. The van der Waals surface area contributed by atoms with Gasteiger partial charge in [-0.3, -0.25) is 4.79 Å². The van der Waals surface area contributed by atoms with Gasteiger partial charge in [-0.05, 0) is 61.2 Å². The molecule has 2 aromatic heterocycles. The molecule has 0 radical (unpaired) electrons. The standard InChI is InChI=1S/C25H26N6O/c1-5-31-25(27-22-13-20-16(3)26-24(32)21(20)12-15(22)2)28-23(29-31)18-8-6-17(7-9-18)19-10-11-30(4)14-19/h6-14,16H,5H2,1-4H3,(H,26,32)(H,27,28,29). The Morgan fingerprint density at radius 1 is 1.09 bits per heavy atom. The molecule has 4 aromatic rings. The normalized spacial score (nSPS) is 15.0. The van der Waals surface area contributed by atoms with Crippen LogP contribution in [0, 0.1) is 6.92 Å². The molecule has 0 fully saturated rings. The van der Waals surface area contributed by atoms with Crippen LogP contribution in [0.4, 0.5) is 11.6 Å². The number of nitrogens with one attached hydrogen (secondary N) is 2. The summed E-state index contributed by atoms with van der Waals surface area (Å²) in [6, 6.07) is 14.4. The van der Waals surface area contributed by atoms with Crippen LogP contribution in [-0.2, 0) is 13.6 Å². The SMILES string of the molecule is CCn1nc(-c2ccc(-c3ccn(C)c3)cc2)nc1Nc1cc2c(cc1C)C(=O)NC2C. The van der Waals surface area contributed by atoms with Gasteiger partial charge < -0.3 is 15.2 Å². The van der Waals surface area contributed by atoms with E-state index in [1.807, 2.05) is 55.4 Å². The second kappa shape index (κ2) is 7.67. The summed E-state index contributed by atoms with van der Waals surface area (Å²) in [6.07, 6.45) is 4.14. The molecule has 0 saturated carbocycles. The van der Waals surface area contributed by atoms with Crippen LogP contribution in [0.2, 0.25) is 0 Å². The zero-order chi connectivity index (χ0) is 22.4. The zero-order valence-electron chi connectivity index (χ0n) is 18.7. The van der Waals surface area contributed by atoms with Gasteiger partial charge in [0, 0.05) is 42.8 Å². The maximum absolute atomic E-state index is 12.1. The van der Waals surface area contributed by atoms with Crippen molar-refractivity contribution in [1.82, 2.24) is 24.6 Å². The number of benzene rings is 2. The van der Waals surface area contributed by atoms with E-state index in [2.05, 4.69) is 47.2 Å². The number of carbonyl (C=O) groups is 1. The Morgan fingerprint density at radius 3 is 2.53 bits per heavy atom. The number of hydrogen-bond acceptors (Lipinski definition) is 4. The highest BCUT2D eigenvalue weighted by atomic mass is 16.2. The van der Waals surface area contributed by atoms with Gasteiger partial charge in [-0.15, -0.1) is 5.10 Å². The number of rotatable bonds is 5. The number of aromatic nitrogens is 4. The van der Waals surface area contributed by atoms with Gasteiger partial charge in [-0.2, -0.15) is 4.98 Å². The maximum Gasteiger partial charge on any atom is 0.252 e. The summed E-state index contributed by atoms with van der Waals surface area (Å²) in [7, 11) is 2.02. The summed E-state index contributed by atoms with van der Waals surface area (Å²) >= 11 is 0. The van der Waals surface area contributed by atoms with Gasteiger partial charge in [-0.1, -0.05) is 24.3 Å². The number of amides is 1. The zero-order valence-corrected chi connectivity index (χ0v) is 18.7. The van der Waals surface area contributed by atoms with Crippen LogP contribution in [-0.4, -0.2) is 25.2 Å². The first-order valence-corrected chi connectivity index (χ1v) is 10.8. The second-order valence-electron chi connectivity index (χ2n) is 8.29. The van der Waals surface area contributed by atoms with Crippen molar-refractivity contribution in [2.75, 3.05) is 5.32 Å². The van der Waals surface area contributed by atoms with E-state index in [1.54, 1.807) is 0 Å². The Labute approximate surface area is 187 Å². The van der Waals surface area contributed by atoms with Crippen LogP contribution in [0.1, 0.15) is 41.4 Å². The lowest BCUT2D eigenvalue weighted by Gasteiger charge is -2.12. The minimum absolute atomic E-state index is 0.00128. The predicted octanol–water partition coefficient (Wildman–Crippen LogP) is 4.83. The largest absolute Gasteiger partial charge is 0.357 e. The fourth-order valence-electron chi connectivity index (χ4n) is 4.15. The fourth-order valence-corrected chi connectivity index (χ4v) is 4.15. The third kappa shape index (κ3) is 3.45. The first-order valence-electron chi connectivity index (χ1n) is 10.8. The highest BCUT2D eigenvalue weighted by molar-refractivity contribution is 6.00. The van der Waals surface area contributed by atoms with Crippen molar-refractivity contribution < 1.29 is 4.79 Å². The summed E-state index contributed by atoms with van der Waals surface area (Å²) < 4.78 is 3.90. The van der Waals surface area contributed by atoms with Gasteiger partial charge >= 0.3 is 0 Å². The molecule has 32 heavy (non-hydrogen) atoms. The van der Waals surface area contributed by atoms with Gasteiger partial charge in [0.25, 0.3) is 5.91 Å². The lowest BCUT2D eigenvalue weighted by molar-refractivity contribution is 0.0958. The Morgan fingerprint density at radius 2 is 1.84 bits per heavy atom. The van der Waals surface area contributed by atoms with Gasteiger partial charge in [0.1, 0.15) is 0 Å². The van der Waals surface area contributed by atoms with Crippen LogP contribution in [0.25, 0.3) is 22.5 Å². The molecular formula is C25H26N6O. The minimum Gasteiger partial charge on any atom is -0.357 e. The number of carbonyl (C=O) groups excluding carboxylic acids is 1. The molecule has 1 amide bonds. The molecule has 0 spiro atoms. The smallest absolute Gasteiger partial charge is 0.252 e. The molecule has 1 aliphatic rings. The van der Waals surface area contributed by atoms with Gasteiger partial charge in [-0.25, -0.2) is 4.68 Å². The van der Waals surface area contributed by atoms with Crippen molar-refractivity contribution in [3.05, 3.63) is 71.5 Å².